The van der Waals surface area contributed by atoms with E-state index < -0.39 is 0 Å². The Morgan fingerprint density at radius 2 is 2.33 bits per heavy atom. The summed E-state index contributed by atoms with van der Waals surface area (Å²) in [4.78, 5) is 0. The van der Waals surface area contributed by atoms with Crippen molar-refractivity contribution in [3.8, 4) is 0 Å². The second-order valence-electron chi connectivity index (χ2n) is 3.98. The Hall–Kier alpha value is -0.380. The average molecular weight is 270 g/mol. The average Bonchev–Trinajstić information content (AvgIpc) is 2.26. The lowest BCUT2D eigenvalue weighted by Crippen LogP contribution is -2.36. The Labute approximate surface area is 99.1 Å². The molecule has 3 heteroatoms. The van der Waals surface area contributed by atoms with Crippen molar-refractivity contribution in [3.63, 3.8) is 0 Å². The van der Waals surface area contributed by atoms with Crippen molar-refractivity contribution in [2.24, 2.45) is 0 Å². The summed E-state index contributed by atoms with van der Waals surface area (Å²) >= 11 is 3.50. The van der Waals surface area contributed by atoms with E-state index in [1.54, 1.807) is 7.11 Å². The Bertz CT molecular complexity index is 340. The van der Waals surface area contributed by atoms with Gasteiger partial charge < -0.3 is 10.1 Å². The van der Waals surface area contributed by atoms with E-state index in [1.165, 1.54) is 15.6 Å². The molecule has 0 fully saturated rings. The zero-order valence-electron chi connectivity index (χ0n) is 8.92. The van der Waals surface area contributed by atoms with Crippen molar-refractivity contribution in [2.45, 2.75) is 25.4 Å². The van der Waals surface area contributed by atoms with Crippen LogP contribution in [0.3, 0.4) is 0 Å². The first-order valence-electron chi connectivity index (χ1n) is 5.29. The second-order valence-corrected chi connectivity index (χ2v) is 4.89. The number of hydrogen-bond donors (Lipinski definition) is 1. The molecule has 1 atom stereocenters. The number of fused-ring (bicyclic) bond motifs is 1. The highest BCUT2D eigenvalue weighted by Crippen LogP contribution is 2.22. The van der Waals surface area contributed by atoms with Gasteiger partial charge in [-0.2, -0.15) is 0 Å². The first-order chi connectivity index (χ1) is 7.29. The number of ether oxygens (including phenoxy) is 1. The van der Waals surface area contributed by atoms with Gasteiger partial charge in [0.15, 0.2) is 0 Å². The molecule has 0 saturated heterocycles. The van der Waals surface area contributed by atoms with Gasteiger partial charge in [0.2, 0.25) is 0 Å². The molecule has 2 rings (SSSR count). The molecule has 1 N–H and O–H groups in total. The summed E-state index contributed by atoms with van der Waals surface area (Å²) < 4.78 is 6.27. The van der Waals surface area contributed by atoms with Gasteiger partial charge in [0, 0.05) is 30.8 Å². The number of methoxy groups -OCH3 is 1. The lowest BCUT2D eigenvalue weighted by atomic mass is 9.94. The van der Waals surface area contributed by atoms with Crippen molar-refractivity contribution in [2.75, 3.05) is 13.7 Å². The Kier molecular flexibility index (Phi) is 3.78. The molecular weight excluding hydrogens is 254 g/mol. The molecule has 15 heavy (non-hydrogen) atoms. The van der Waals surface area contributed by atoms with Crippen molar-refractivity contribution < 1.29 is 4.74 Å². The molecule has 1 aliphatic heterocycles. The van der Waals surface area contributed by atoms with E-state index in [4.69, 9.17) is 4.74 Å². The highest BCUT2D eigenvalue weighted by atomic mass is 79.9. The van der Waals surface area contributed by atoms with Crippen LogP contribution in [-0.2, 0) is 17.7 Å². The lowest BCUT2D eigenvalue weighted by molar-refractivity contribution is 0.181. The standard InChI is InChI=1S/C12H16BrNO/c1-15-5-4-12-7-9-2-3-11(13)6-10(9)8-14-12/h2-3,6,12,14H,4-5,7-8H2,1H3. The van der Waals surface area contributed by atoms with Crippen molar-refractivity contribution >= 4 is 15.9 Å². The molecule has 1 aromatic carbocycles. The maximum atomic E-state index is 5.10. The molecule has 0 amide bonds. The Morgan fingerprint density at radius 1 is 1.47 bits per heavy atom. The molecule has 0 bridgehead atoms. The fraction of sp³-hybridized carbons (Fsp3) is 0.500. The Balaban J connectivity index is 2.03. The largest absolute Gasteiger partial charge is 0.385 e. The van der Waals surface area contributed by atoms with Crippen LogP contribution in [0, 0.1) is 0 Å². The van der Waals surface area contributed by atoms with Gasteiger partial charge in [-0.1, -0.05) is 22.0 Å². The molecule has 0 spiro atoms. The number of nitrogens with one attached hydrogen (secondary N) is 1. The molecule has 1 unspecified atom stereocenters. The third kappa shape index (κ3) is 2.80. The van der Waals surface area contributed by atoms with Crippen molar-refractivity contribution in [1.29, 1.82) is 0 Å². The summed E-state index contributed by atoms with van der Waals surface area (Å²) in [7, 11) is 1.76. The van der Waals surface area contributed by atoms with Crippen LogP contribution in [-0.4, -0.2) is 19.8 Å². The van der Waals surface area contributed by atoms with Crippen molar-refractivity contribution in [1.82, 2.24) is 5.32 Å². The van der Waals surface area contributed by atoms with E-state index >= 15 is 0 Å². The molecule has 2 nitrogen and oxygen atoms in total. The topological polar surface area (TPSA) is 21.3 Å². The van der Waals surface area contributed by atoms with E-state index in [2.05, 4.69) is 39.4 Å². The van der Waals surface area contributed by atoms with Crippen molar-refractivity contribution in [3.05, 3.63) is 33.8 Å². The molecule has 0 radical (unpaired) electrons. The maximum Gasteiger partial charge on any atom is 0.0477 e. The summed E-state index contributed by atoms with van der Waals surface area (Å²) in [5.74, 6) is 0. The molecule has 1 aromatic rings. The van der Waals surface area contributed by atoms with Crippen LogP contribution in [0.25, 0.3) is 0 Å². The normalized spacial score (nSPS) is 20.0. The minimum Gasteiger partial charge on any atom is -0.385 e. The number of halogens is 1. The number of benzene rings is 1. The first kappa shape index (κ1) is 11.1. The van der Waals surface area contributed by atoms with Gasteiger partial charge in [-0.3, -0.25) is 0 Å². The highest BCUT2D eigenvalue weighted by molar-refractivity contribution is 9.10. The van der Waals surface area contributed by atoms with Gasteiger partial charge in [0.1, 0.15) is 0 Å². The molecule has 0 aliphatic carbocycles. The Morgan fingerprint density at radius 3 is 3.13 bits per heavy atom. The highest BCUT2D eigenvalue weighted by Gasteiger charge is 2.17. The summed E-state index contributed by atoms with van der Waals surface area (Å²) in [6, 6.07) is 7.12. The van der Waals surface area contributed by atoms with E-state index in [0.717, 1.165) is 26.0 Å². The predicted octanol–water partition coefficient (Wildman–Crippen LogP) is 2.50. The molecule has 1 heterocycles. The molecule has 0 saturated carbocycles. The third-order valence-electron chi connectivity index (χ3n) is 2.89. The summed E-state index contributed by atoms with van der Waals surface area (Å²) in [5, 5.41) is 3.54. The maximum absolute atomic E-state index is 5.10. The minimum absolute atomic E-state index is 0.568. The second kappa shape index (κ2) is 5.10. The van der Waals surface area contributed by atoms with Crippen LogP contribution >= 0.6 is 15.9 Å². The van der Waals surface area contributed by atoms with Crippen LogP contribution in [0.4, 0.5) is 0 Å². The van der Waals surface area contributed by atoms with E-state index in [-0.39, 0.29) is 0 Å². The smallest absolute Gasteiger partial charge is 0.0477 e. The van der Waals surface area contributed by atoms with Gasteiger partial charge in [-0.05, 0) is 36.1 Å². The van der Waals surface area contributed by atoms with E-state index in [1.807, 2.05) is 0 Å². The molecule has 82 valence electrons. The lowest BCUT2D eigenvalue weighted by Gasteiger charge is -2.26. The molecular formula is C12H16BrNO. The van der Waals surface area contributed by atoms with Crippen LogP contribution in [0.5, 0.6) is 0 Å². The van der Waals surface area contributed by atoms with Crippen LogP contribution in [0.1, 0.15) is 17.5 Å². The predicted molar refractivity (Wildman–Crippen MR) is 65.0 cm³/mol. The quantitative estimate of drug-likeness (QED) is 0.911. The number of hydrogen-bond acceptors (Lipinski definition) is 2. The fourth-order valence-corrected chi connectivity index (χ4v) is 2.42. The number of rotatable bonds is 3. The van der Waals surface area contributed by atoms with Gasteiger partial charge in [-0.15, -0.1) is 0 Å². The van der Waals surface area contributed by atoms with Gasteiger partial charge in [0.25, 0.3) is 0 Å². The summed E-state index contributed by atoms with van der Waals surface area (Å²) in [6.07, 6.45) is 2.21. The van der Waals surface area contributed by atoms with Gasteiger partial charge in [0.05, 0.1) is 0 Å². The third-order valence-corrected chi connectivity index (χ3v) is 3.38. The van der Waals surface area contributed by atoms with Crippen LogP contribution in [0.15, 0.2) is 22.7 Å². The summed E-state index contributed by atoms with van der Waals surface area (Å²) in [5.41, 5.74) is 2.89. The fourth-order valence-electron chi connectivity index (χ4n) is 2.01. The van der Waals surface area contributed by atoms with E-state index in [9.17, 15) is 0 Å². The zero-order valence-corrected chi connectivity index (χ0v) is 10.5. The SMILES string of the molecule is COCCC1Cc2ccc(Br)cc2CN1. The van der Waals surface area contributed by atoms with Gasteiger partial charge in [-0.25, -0.2) is 0 Å². The van der Waals surface area contributed by atoms with Crippen LogP contribution in [0.2, 0.25) is 0 Å². The van der Waals surface area contributed by atoms with Crippen LogP contribution < -0.4 is 5.32 Å². The van der Waals surface area contributed by atoms with Gasteiger partial charge >= 0.3 is 0 Å². The molecule has 1 aliphatic rings. The summed E-state index contributed by atoms with van der Waals surface area (Å²) in [6.45, 7) is 1.81. The monoisotopic (exact) mass is 269 g/mol. The van der Waals surface area contributed by atoms with E-state index in [0.29, 0.717) is 6.04 Å². The zero-order chi connectivity index (χ0) is 10.7. The molecule has 0 aromatic heterocycles. The minimum atomic E-state index is 0.568. The first-order valence-corrected chi connectivity index (χ1v) is 6.08.